The molecule has 2 aromatic rings. The van der Waals surface area contributed by atoms with Crippen LogP contribution in [0, 0.1) is 11.6 Å². The lowest BCUT2D eigenvalue weighted by atomic mass is 10.2. The molecule has 0 aromatic heterocycles. The number of hydrogen-bond acceptors (Lipinski definition) is 3. The molecule has 0 spiro atoms. The number of ether oxygens (including phenoxy) is 1. The molecule has 23 heavy (non-hydrogen) atoms. The van der Waals surface area contributed by atoms with E-state index in [1.165, 1.54) is 18.2 Å². The summed E-state index contributed by atoms with van der Waals surface area (Å²) in [5, 5.41) is 2.50. The van der Waals surface area contributed by atoms with Crippen molar-refractivity contribution < 1.29 is 23.1 Å². The van der Waals surface area contributed by atoms with Crippen molar-refractivity contribution in [2.45, 2.75) is 0 Å². The summed E-state index contributed by atoms with van der Waals surface area (Å²) in [7, 11) is 0. The van der Waals surface area contributed by atoms with Crippen LogP contribution in [-0.2, 0) is 4.79 Å². The van der Waals surface area contributed by atoms with Gasteiger partial charge in [0.05, 0.1) is 11.3 Å². The van der Waals surface area contributed by atoms with Gasteiger partial charge in [0.15, 0.2) is 6.61 Å². The Balaban J connectivity index is 2.03. The number of hydrogen-bond donors (Lipinski definition) is 2. The molecule has 0 aliphatic heterocycles. The van der Waals surface area contributed by atoms with Crippen LogP contribution in [0.15, 0.2) is 36.4 Å². The molecule has 0 saturated carbocycles. The Morgan fingerprint density at radius 2 is 1.91 bits per heavy atom. The molecule has 0 atom stereocenters. The quantitative estimate of drug-likeness (QED) is 0.878. The number of halogens is 3. The molecule has 0 aliphatic rings. The fraction of sp³-hybridized carbons (Fsp3) is 0.0667. The molecule has 0 radical (unpaired) electrons. The number of nitrogens with two attached hydrogens (primary N) is 1. The van der Waals surface area contributed by atoms with E-state index in [0.717, 1.165) is 12.1 Å². The highest BCUT2D eigenvalue weighted by Crippen LogP contribution is 2.22. The standard InChI is InChI=1S/C15H11ClF2N2O3/c16-8-1-4-13(10(5-8)15(19)22)23-7-14(21)20-12-3-2-9(17)6-11(12)18/h1-6H,7H2,(H2,19,22)(H,20,21). The van der Waals surface area contributed by atoms with Crippen molar-refractivity contribution in [3.8, 4) is 5.75 Å². The van der Waals surface area contributed by atoms with Gasteiger partial charge >= 0.3 is 0 Å². The average Bonchev–Trinajstić information content (AvgIpc) is 2.48. The van der Waals surface area contributed by atoms with Crippen LogP contribution >= 0.6 is 11.6 Å². The normalized spacial score (nSPS) is 10.2. The summed E-state index contributed by atoms with van der Waals surface area (Å²) in [4.78, 5) is 23.0. The highest BCUT2D eigenvalue weighted by Gasteiger charge is 2.13. The first-order valence-electron chi connectivity index (χ1n) is 6.34. The maximum atomic E-state index is 13.4. The summed E-state index contributed by atoms with van der Waals surface area (Å²) in [6, 6.07) is 6.87. The molecule has 0 bridgehead atoms. The predicted molar refractivity (Wildman–Crippen MR) is 80.5 cm³/mol. The van der Waals surface area contributed by atoms with Crippen molar-refractivity contribution in [1.82, 2.24) is 0 Å². The Morgan fingerprint density at radius 1 is 1.17 bits per heavy atom. The van der Waals surface area contributed by atoms with Crippen LogP contribution in [0.4, 0.5) is 14.5 Å². The van der Waals surface area contributed by atoms with Crippen LogP contribution in [0.1, 0.15) is 10.4 Å². The number of nitrogens with one attached hydrogen (secondary N) is 1. The number of rotatable bonds is 5. The van der Waals surface area contributed by atoms with Crippen molar-refractivity contribution in [3.05, 3.63) is 58.6 Å². The van der Waals surface area contributed by atoms with E-state index in [0.29, 0.717) is 6.07 Å². The maximum Gasteiger partial charge on any atom is 0.262 e. The van der Waals surface area contributed by atoms with Gasteiger partial charge in [-0.3, -0.25) is 9.59 Å². The Bertz CT molecular complexity index is 768. The van der Waals surface area contributed by atoms with Crippen LogP contribution in [-0.4, -0.2) is 18.4 Å². The van der Waals surface area contributed by atoms with Gasteiger partial charge in [-0.05, 0) is 30.3 Å². The zero-order valence-corrected chi connectivity index (χ0v) is 12.4. The highest BCUT2D eigenvalue weighted by molar-refractivity contribution is 6.31. The van der Waals surface area contributed by atoms with Gasteiger partial charge in [-0.15, -0.1) is 0 Å². The molecular formula is C15H11ClF2N2O3. The smallest absolute Gasteiger partial charge is 0.262 e. The molecule has 0 heterocycles. The van der Waals surface area contributed by atoms with Crippen LogP contribution in [0.5, 0.6) is 5.75 Å². The second-order valence-corrected chi connectivity index (χ2v) is 4.90. The van der Waals surface area contributed by atoms with Gasteiger partial charge in [0.2, 0.25) is 0 Å². The molecule has 0 fully saturated rings. The van der Waals surface area contributed by atoms with Gasteiger partial charge in [-0.2, -0.15) is 0 Å². The molecule has 3 N–H and O–H groups in total. The van der Waals surface area contributed by atoms with Gasteiger partial charge in [-0.25, -0.2) is 8.78 Å². The molecule has 2 rings (SSSR count). The van der Waals surface area contributed by atoms with E-state index < -0.39 is 30.1 Å². The van der Waals surface area contributed by atoms with Gasteiger partial charge < -0.3 is 15.8 Å². The number of carbonyl (C=O) groups is 2. The van der Waals surface area contributed by atoms with E-state index in [2.05, 4.69) is 5.32 Å². The average molecular weight is 341 g/mol. The van der Waals surface area contributed by atoms with Crippen LogP contribution in [0.3, 0.4) is 0 Å². The molecule has 0 unspecified atom stereocenters. The third-order valence-corrected chi connectivity index (χ3v) is 3.01. The second kappa shape index (κ2) is 7.06. The lowest BCUT2D eigenvalue weighted by molar-refractivity contribution is -0.118. The molecule has 120 valence electrons. The number of benzene rings is 2. The van der Waals surface area contributed by atoms with Crippen LogP contribution in [0.2, 0.25) is 5.02 Å². The molecule has 8 heteroatoms. The zero-order chi connectivity index (χ0) is 17.0. The third kappa shape index (κ3) is 4.40. The first kappa shape index (κ1) is 16.7. The van der Waals surface area contributed by atoms with E-state index >= 15 is 0 Å². The lowest BCUT2D eigenvalue weighted by Gasteiger charge is -2.10. The van der Waals surface area contributed by atoms with E-state index in [1.807, 2.05) is 0 Å². The Labute approximate surface area is 135 Å². The second-order valence-electron chi connectivity index (χ2n) is 4.47. The predicted octanol–water partition coefficient (Wildman–Crippen LogP) is 2.73. The van der Waals surface area contributed by atoms with Crippen LogP contribution < -0.4 is 15.8 Å². The highest BCUT2D eigenvalue weighted by atomic mass is 35.5. The third-order valence-electron chi connectivity index (χ3n) is 2.77. The van der Waals surface area contributed by atoms with Gasteiger partial charge in [0, 0.05) is 11.1 Å². The summed E-state index contributed by atoms with van der Waals surface area (Å²) in [5.74, 6) is -3.07. The molecule has 0 aliphatic carbocycles. The topological polar surface area (TPSA) is 81.4 Å². The molecule has 5 nitrogen and oxygen atoms in total. The molecular weight excluding hydrogens is 330 g/mol. The summed E-state index contributed by atoms with van der Waals surface area (Å²) in [6.45, 7) is -0.501. The Morgan fingerprint density at radius 3 is 2.57 bits per heavy atom. The van der Waals surface area contributed by atoms with E-state index in [9.17, 15) is 18.4 Å². The van der Waals surface area contributed by atoms with Crippen molar-refractivity contribution in [3.63, 3.8) is 0 Å². The summed E-state index contributed by atoms with van der Waals surface area (Å²) >= 11 is 5.75. The maximum absolute atomic E-state index is 13.4. The number of amides is 2. The minimum absolute atomic E-state index is 0.0123. The summed E-state index contributed by atoms with van der Waals surface area (Å²) in [5.41, 5.74) is 5.01. The van der Waals surface area contributed by atoms with E-state index in [4.69, 9.17) is 22.1 Å². The monoisotopic (exact) mass is 340 g/mol. The minimum atomic E-state index is -0.914. The lowest BCUT2D eigenvalue weighted by Crippen LogP contribution is -2.22. The van der Waals surface area contributed by atoms with Crippen LogP contribution in [0.25, 0.3) is 0 Å². The fourth-order valence-corrected chi connectivity index (χ4v) is 1.91. The Kier molecular flexibility index (Phi) is 5.13. The van der Waals surface area contributed by atoms with Crippen molar-refractivity contribution in [1.29, 1.82) is 0 Å². The first-order valence-corrected chi connectivity index (χ1v) is 6.71. The number of carbonyl (C=O) groups excluding carboxylic acids is 2. The van der Waals surface area contributed by atoms with Crippen molar-refractivity contribution >= 4 is 29.1 Å². The summed E-state index contributed by atoms with van der Waals surface area (Å²) in [6.07, 6.45) is 0. The van der Waals surface area contributed by atoms with E-state index in [-0.39, 0.29) is 22.0 Å². The molecule has 2 amide bonds. The summed E-state index contributed by atoms with van der Waals surface area (Å²) < 4.78 is 31.4. The SMILES string of the molecule is NC(=O)c1cc(Cl)ccc1OCC(=O)Nc1ccc(F)cc1F. The first-order chi connectivity index (χ1) is 10.9. The number of primary amides is 1. The van der Waals surface area contributed by atoms with Crippen molar-refractivity contribution in [2.24, 2.45) is 5.73 Å². The fourth-order valence-electron chi connectivity index (χ4n) is 1.74. The molecule has 2 aromatic carbocycles. The van der Waals surface area contributed by atoms with Gasteiger partial charge in [0.1, 0.15) is 17.4 Å². The minimum Gasteiger partial charge on any atom is -0.483 e. The van der Waals surface area contributed by atoms with E-state index in [1.54, 1.807) is 0 Å². The van der Waals surface area contributed by atoms with Gasteiger partial charge in [-0.1, -0.05) is 11.6 Å². The van der Waals surface area contributed by atoms with Gasteiger partial charge in [0.25, 0.3) is 11.8 Å². The molecule has 0 saturated heterocycles. The van der Waals surface area contributed by atoms with Crippen molar-refractivity contribution in [2.75, 3.05) is 11.9 Å². The Hall–Kier alpha value is -2.67. The zero-order valence-electron chi connectivity index (χ0n) is 11.6. The number of anilines is 1. The largest absolute Gasteiger partial charge is 0.483 e.